The van der Waals surface area contributed by atoms with E-state index in [4.69, 9.17) is 4.74 Å². The van der Waals surface area contributed by atoms with E-state index in [2.05, 4.69) is 10.1 Å². The summed E-state index contributed by atoms with van der Waals surface area (Å²) in [5, 5.41) is 4.09. The molecule has 4 nitrogen and oxygen atoms in total. The molecule has 4 heteroatoms. The summed E-state index contributed by atoms with van der Waals surface area (Å²) in [5.74, 6) is 0.805. The summed E-state index contributed by atoms with van der Waals surface area (Å²) >= 11 is 0. The zero-order valence-corrected chi connectivity index (χ0v) is 8.63. The van der Waals surface area contributed by atoms with Gasteiger partial charge < -0.3 is 4.74 Å². The lowest BCUT2D eigenvalue weighted by atomic mass is 10.3. The van der Waals surface area contributed by atoms with Gasteiger partial charge in [0.15, 0.2) is 0 Å². The molecule has 2 aromatic rings. The van der Waals surface area contributed by atoms with Crippen molar-refractivity contribution in [3.05, 3.63) is 42.5 Å². The van der Waals surface area contributed by atoms with E-state index in [9.17, 15) is 0 Å². The molecule has 2 rings (SSSR count). The Morgan fingerprint density at radius 3 is 2.93 bits per heavy atom. The molecular formula is C11H13N3O. The lowest BCUT2D eigenvalue weighted by Crippen LogP contribution is -2.05. The second kappa shape index (κ2) is 4.59. The van der Waals surface area contributed by atoms with E-state index in [0.717, 1.165) is 12.2 Å². The first kappa shape index (κ1) is 9.71. The number of nitrogens with zero attached hydrogens (tertiary/aromatic N) is 3. The predicted molar refractivity (Wildman–Crippen MR) is 56.6 cm³/mol. The number of ether oxygens (including phenoxy) is 1. The van der Waals surface area contributed by atoms with E-state index in [1.807, 2.05) is 29.9 Å². The Bertz CT molecular complexity index is 411. The molecule has 0 aliphatic carbocycles. The first-order chi connectivity index (χ1) is 7.36. The van der Waals surface area contributed by atoms with Gasteiger partial charge in [-0.05, 0) is 18.2 Å². The summed E-state index contributed by atoms with van der Waals surface area (Å²) in [7, 11) is 1.93. The van der Waals surface area contributed by atoms with Crippen molar-refractivity contribution in [3.8, 4) is 5.75 Å². The molecule has 2 heterocycles. The summed E-state index contributed by atoms with van der Waals surface area (Å²) < 4.78 is 7.38. The van der Waals surface area contributed by atoms with Crippen molar-refractivity contribution in [1.29, 1.82) is 0 Å². The summed E-state index contributed by atoms with van der Waals surface area (Å²) in [6.45, 7) is 0.644. The molecule has 0 aliphatic heterocycles. The van der Waals surface area contributed by atoms with Crippen LogP contribution in [0.4, 0.5) is 0 Å². The van der Waals surface area contributed by atoms with Crippen LogP contribution in [0.15, 0.2) is 36.8 Å². The van der Waals surface area contributed by atoms with E-state index >= 15 is 0 Å². The summed E-state index contributed by atoms with van der Waals surface area (Å²) in [6.07, 6.45) is 6.09. The van der Waals surface area contributed by atoms with Gasteiger partial charge in [-0.3, -0.25) is 9.67 Å². The van der Waals surface area contributed by atoms with Crippen LogP contribution in [0, 0.1) is 0 Å². The Balaban J connectivity index is 1.83. The van der Waals surface area contributed by atoms with Crippen molar-refractivity contribution in [1.82, 2.24) is 14.8 Å². The quantitative estimate of drug-likeness (QED) is 0.754. The van der Waals surface area contributed by atoms with Crippen molar-refractivity contribution in [2.45, 2.75) is 6.42 Å². The van der Waals surface area contributed by atoms with Crippen LogP contribution in [-0.4, -0.2) is 21.4 Å². The molecule has 0 saturated heterocycles. The highest BCUT2D eigenvalue weighted by Gasteiger charge is 1.98. The molecule has 0 N–H and O–H groups in total. The molecule has 0 saturated carbocycles. The maximum atomic E-state index is 5.53. The van der Waals surface area contributed by atoms with Gasteiger partial charge in [0, 0.05) is 31.6 Å². The van der Waals surface area contributed by atoms with Gasteiger partial charge in [0.25, 0.3) is 0 Å². The minimum atomic E-state index is 0.644. The predicted octanol–water partition coefficient (Wildman–Crippen LogP) is 1.44. The highest BCUT2D eigenvalue weighted by molar-refractivity contribution is 5.15. The molecule has 2 aromatic heterocycles. The molecule has 0 aromatic carbocycles. The average molecular weight is 203 g/mol. The van der Waals surface area contributed by atoms with E-state index in [0.29, 0.717) is 6.61 Å². The van der Waals surface area contributed by atoms with Gasteiger partial charge >= 0.3 is 0 Å². The van der Waals surface area contributed by atoms with Crippen LogP contribution in [0.25, 0.3) is 0 Å². The summed E-state index contributed by atoms with van der Waals surface area (Å²) in [5.41, 5.74) is 1.17. The molecule has 0 spiro atoms. The average Bonchev–Trinajstić information content (AvgIpc) is 2.66. The Kier molecular flexibility index (Phi) is 2.97. The van der Waals surface area contributed by atoms with Crippen LogP contribution in [0.3, 0.4) is 0 Å². The van der Waals surface area contributed by atoms with Gasteiger partial charge in [0.1, 0.15) is 5.75 Å². The van der Waals surface area contributed by atoms with Crippen LogP contribution in [0.5, 0.6) is 5.75 Å². The van der Waals surface area contributed by atoms with E-state index in [1.54, 1.807) is 18.6 Å². The van der Waals surface area contributed by atoms with Crippen molar-refractivity contribution in [2.75, 3.05) is 6.61 Å². The van der Waals surface area contributed by atoms with Gasteiger partial charge in [-0.2, -0.15) is 5.10 Å². The first-order valence-corrected chi connectivity index (χ1v) is 4.86. The second-order valence-corrected chi connectivity index (χ2v) is 3.23. The summed E-state index contributed by atoms with van der Waals surface area (Å²) in [6, 6.07) is 5.75. The van der Waals surface area contributed by atoms with Crippen molar-refractivity contribution in [3.63, 3.8) is 0 Å². The molecule has 0 atom stereocenters. The SMILES string of the molecule is Cn1nccc1CCOc1cccnc1. The van der Waals surface area contributed by atoms with E-state index in [-0.39, 0.29) is 0 Å². The van der Waals surface area contributed by atoms with Gasteiger partial charge in [0.05, 0.1) is 12.8 Å². The standard InChI is InChI=1S/C11H13N3O/c1-14-10(4-7-13-14)5-8-15-11-3-2-6-12-9-11/h2-4,6-7,9H,5,8H2,1H3. The minimum absolute atomic E-state index is 0.644. The highest BCUT2D eigenvalue weighted by Crippen LogP contribution is 2.07. The number of pyridine rings is 1. The van der Waals surface area contributed by atoms with Gasteiger partial charge in [-0.1, -0.05) is 0 Å². The van der Waals surface area contributed by atoms with Crippen LogP contribution in [0.2, 0.25) is 0 Å². The monoisotopic (exact) mass is 203 g/mol. The topological polar surface area (TPSA) is 39.9 Å². The van der Waals surface area contributed by atoms with Crippen molar-refractivity contribution < 1.29 is 4.74 Å². The number of hydrogen-bond donors (Lipinski definition) is 0. The Morgan fingerprint density at radius 1 is 1.33 bits per heavy atom. The fourth-order valence-electron chi connectivity index (χ4n) is 1.35. The maximum Gasteiger partial charge on any atom is 0.137 e. The normalized spacial score (nSPS) is 10.2. The van der Waals surface area contributed by atoms with Crippen LogP contribution in [0.1, 0.15) is 5.69 Å². The fraction of sp³-hybridized carbons (Fsp3) is 0.273. The third-order valence-corrected chi connectivity index (χ3v) is 2.18. The molecule has 0 aliphatic rings. The first-order valence-electron chi connectivity index (χ1n) is 4.86. The molecule has 0 amide bonds. The van der Waals surface area contributed by atoms with Crippen molar-refractivity contribution >= 4 is 0 Å². The Labute approximate surface area is 88.5 Å². The Morgan fingerprint density at radius 2 is 2.27 bits per heavy atom. The highest BCUT2D eigenvalue weighted by atomic mass is 16.5. The molecule has 0 unspecified atom stereocenters. The zero-order chi connectivity index (χ0) is 10.5. The smallest absolute Gasteiger partial charge is 0.137 e. The van der Waals surface area contributed by atoms with Crippen LogP contribution < -0.4 is 4.74 Å². The molecule has 0 bridgehead atoms. The second-order valence-electron chi connectivity index (χ2n) is 3.23. The number of rotatable bonds is 4. The van der Waals surface area contributed by atoms with Crippen molar-refractivity contribution in [2.24, 2.45) is 7.05 Å². The minimum Gasteiger partial charge on any atom is -0.492 e. The third-order valence-electron chi connectivity index (χ3n) is 2.18. The van der Waals surface area contributed by atoms with Gasteiger partial charge in [-0.25, -0.2) is 0 Å². The van der Waals surface area contributed by atoms with Crippen LogP contribution in [-0.2, 0) is 13.5 Å². The zero-order valence-electron chi connectivity index (χ0n) is 8.63. The molecule has 15 heavy (non-hydrogen) atoms. The molecular weight excluding hydrogens is 190 g/mol. The Hall–Kier alpha value is -1.84. The number of hydrogen-bond acceptors (Lipinski definition) is 3. The third kappa shape index (κ3) is 2.56. The molecule has 78 valence electrons. The lowest BCUT2D eigenvalue weighted by Gasteiger charge is -2.05. The lowest BCUT2D eigenvalue weighted by molar-refractivity contribution is 0.317. The summed E-state index contributed by atoms with van der Waals surface area (Å²) in [4.78, 5) is 3.98. The molecule has 0 fully saturated rings. The van der Waals surface area contributed by atoms with E-state index in [1.165, 1.54) is 5.69 Å². The largest absolute Gasteiger partial charge is 0.492 e. The van der Waals surface area contributed by atoms with E-state index < -0.39 is 0 Å². The van der Waals surface area contributed by atoms with Gasteiger partial charge in [-0.15, -0.1) is 0 Å². The van der Waals surface area contributed by atoms with Gasteiger partial charge in [0.2, 0.25) is 0 Å². The maximum absolute atomic E-state index is 5.53. The fourth-order valence-corrected chi connectivity index (χ4v) is 1.35. The van der Waals surface area contributed by atoms with Crippen LogP contribution >= 0.6 is 0 Å². The number of aryl methyl sites for hydroxylation is 1. The number of aromatic nitrogens is 3. The molecule has 0 radical (unpaired) electrons.